The number of nitrogens with zero attached hydrogens (tertiary/aromatic N) is 2. The summed E-state index contributed by atoms with van der Waals surface area (Å²) in [6.07, 6.45) is 0. The van der Waals surface area contributed by atoms with E-state index in [0.717, 1.165) is 37.4 Å². The quantitative estimate of drug-likeness (QED) is 0.863. The fourth-order valence-electron chi connectivity index (χ4n) is 2.80. The van der Waals surface area contributed by atoms with Gasteiger partial charge in [-0.05, 0) is 33.8 Å². The maximum Gasteiger partial charge on any atom is 0.256 e. The Bertz CT molecular complexity index is 450. The molecule has 2 heterocycles. The Kier molecular flexibility index (Phi) is 3.76. The van der Waals surface area contributed by atoms with Crippen molar-refractivity contribution >= 4 is 5.91 Å². The molecule has 18 heavy (non-hydrogen) atoms. The number of carbonyl (C=O) groups excluding carboxylic acids is 1. The standard InChI is InChI=1S/C14H23N3O/c1-5-16-10(2)8-13(12(16)4)14(18)17-7-6-15-9-11(17)3/h8,11,15H,5-7,9H2,1-4H3/t11-/m0/s1. The first-order valence-corrected chi connectivity index (χ1v) is 6.74. The second-order valence-electron chi connectivity index (χ2n) is 5.08. The Morgan fingerprint density at radius 1 is 1.50 bits per heavy atom. The lowest BCUT2D eigenvalue weighted by atomic mass is 10.1. The first-order valence-electron chi connectivity index (χ1n) is 6.74. The van der Waals surface area contributed by atoms with Crippen LogP contribution in [-0.2, 0) is 6.54 Å². The highest BCUT2D eigenvalue weighted by Crippen LogP contribution is 2.18. The summed E-state index contributed by atoms with van der Waals surface area (Å²) in [7, 11) is 0. The Labute approximate surface area is 109 Å². The lowest BCUT2D eigenvalue weighted by Gasteiger charge is -2.34. The molecule has 0 radical (unpaired) electrons. The van der Waals surface area contributed by atoms with E-state index in [1.54, 1.807) is 0 Å². The summed E-state index contributed by atoms with van der Waals surface area (Å²) in [6.45, 7) is 11.8. The number of hydrogen-bond acceptors (Lipinski definition) is 2. The van der Waals surface area contributed by atoms with Crippen molar-refractivity contribution in [2.24, 2.45) is 0 Å². The number of piperazine rings is 1. The minimum Gasteiger partial charge on any atom is -0.349 e. The van der Waals surface area contributed by atoms with Gasteiger partial charge in [-0.2, -0.15) is 0 Å². The van der Waals surface area contributed by atoms with Gasteiger partial charge in [0.2, 0.25) is 0 Å². The third-order valence-electron chi connectivity index (χ3n) is 3.88. The van der Waals surface area contributed by atoms with Crippen LogP contribution in [0.5, 0.6) is 0 Å². The van der Waals surface area contributed by atoms with Gasteiger partial charge in [0.1, 0.15) is 0 Å². The molecule has 1 aromatic rings. The number of aromatic nitrogens is 1. The molecule has 1 atom stereocenters. The van der Waals surface area contributed by atoms with Crippen LogP contribution in [0.25, 0.3) is 0 Å². The zero-order chi connectivity index (χ0) is 13.3. The maximum atomic E-state index is 12.6. The van der Waals surface area contributed by atoms with Crippen LogP contribution in [0.1, 0.15) is 35.6 Å². The second kappa shape index (κ2) is 5.14. The van der Waals surface area contributed by atoms with Crippen LogP contribution < -0.4 is 5.32 Å². The fourth-order valence-corrected chi connectivity index (χ4v) is 2.80. The molecular weight excluding hydrogens is 226 g/mol. The molecule has 1 aromatic heterocycles. The van der Waals surface area contributed by atoms with E-state index in [1.807, 2.05) is 17.9 Å². The van der Waals surface area contributed by atoms with Crippen molar-refractivity contribution in [3.63, 3.8) is 0 Å². The summed E-state index contributed by atoms with van der Waals surface area (Å²) in [5.41, 5.74) is 3.12. The monoisotopic (exact) mass is 249 g/mol. The normalized spacial score (nSPS) is 20.2. The summed E-state index contributed by atoms with van der Waals surface area (Å²) in [4.78, 5) is 14.6. The molecule has 1 aliphatic rings. The van der Waals surface area contributed by atoms with E-state index in [0.29, 0.717) is 0 Å². The minimum atomic E-state index is 0.178. The van der Waals surface area contributed by atoms with E-state index in [4.69, 9.17) is 0 Å². The smallest absolute Gasteiger partial charge is 0.256 e. The highest BCUT2D eigenvalue weighted by atomic mass is 16.2. The van der Waals surface area contributed by atoms with E-state index < -0.39 is 0 Å². The van der Waals surface area contributed by atoms with E-state index in [1.165, 1.54) is 5.69 Å². The van der Waals surface area contributed by atoms with Gasteiger partial charge >= 0.3 is 0 Å². The van der Waals surface area contributed by atoms with Gasteiger partial charge in [-0.3, -0.25) is 4.79 Å². The van der Waals surface area contributed by atoms with Crippen molar-refractivity contribution in [1.29, 1.82) is 0 Å². The van der Waals surface area contributed by atoms with E-state index in [2.05, 4.69) is 30.7 Å². The van der Waals surface area contributed by atoms with Crippen LogP contribution in [0.15, 0.2) is 6.07 Å². The molecule has 4 heteroatoms. The Hall–Kier alpha value is -1.29. The SMILES string of the molecule is CCn1c(C)cc(C(=O)N2CCNC[C@@H]2C)c1C. The molecule has 1 saturated heterocycles. The molecule has 0 aromatic carbocycles. The third-order valence-corrected chi connectivity index (χ3v) is 3.88. The second-order valence-corrected chi connectivity index (χ2v) is 5.08. The molecule has 4 nitrogen and oxygen atoms in total. The number of nitrogens with one attached hydrogen (secondary N) is 1. The van der Waals surface area contributed by atoms with Gasteiger partial charge in [-0.25, -0.2) is 0 Å². The molecule has 0 saturated carbocycles. The van der Waals surface area contributed by atoms with Gasteiger partial charge in [0.15, 0.2) is 0 Å². The van der Waals surface area contributed by atoms with E-state index in [-0.39, 0.29) is 11.9 Å². The summed E-state index contributed by atoms with van der Waals surface area (Å²) < 4.78 is 2.19. The van der Waals surface area contributed by atoms with Gasteiger partial charge in [-0.15, -0.1) is 0 Å². The summed E-state index contributed by atoms with van der Waals surface area (Å²) >= 11 is 0. The number of rotatable bonds is 2. The van der Waals surface area contributed by atoms with Crippen molar-refractivity contribution in [2.45, 2.75) is 40.3 Å². The molecule has 1 amide bonds. The molecule has 0 aliphatic carbocycles. The Morgan fingerprint density at radius 2 is 2.22 bits per heavy atom. The Morgan fingerprint density at radius 3 is 2.78 bits per heavy atom. The predicted octanol–water partition coefficient (Wildman–Crippen LogP) is 1.56. The fraction of sp³-hybridized carbons (Fsp3) is 0.643. The van der Waals surface area contributed by atoms with Crippen molar-refractivity contribution in [3.8, 4) is 0 Å². The number of aryl methyl sites for hydroxylation is 1. The predicted molar refractivity (Wildman–Crippen MR) is 72.9 cm³/mol. The topological polar surface area (TPSA) is 37.3 Å². The molecule has 1 aliphatic heterocycles. The van der Waals surface area contributed by atoms with Gasteiger partial charge in [-0.1, -0.05) is 0 Å². The largest absolute Gasteiger partial charge is 0.349 e. The molecule has 2 rings (SSSR count). The first-order chi connectivity index (χ1) is 8.56. The lowest BCUT2D eigenvalue weighted by Crippen LogP contribution is -2.52. The molecule has 0 unspecified atom stereocenters. The highest BCUT2D eigenvalue weighted by Gasteiger charge is 2.26. The van der Waals surface area contributed by atoms with Crippen LogP contribution in [0.2, 0.25) is 0 Å². The van der Waals surface area contributed by atoms with Crippen molar-refractivity contribution in [2.75, 3.05) is 19.6 Å². The molecule has 1 fully saturated rings. The number of carbonyl (C=O) groups is 1. The average molecular weight is 249 g/mol. The summed E-state index contributed by atoms with van der Waals surface area (Å²) in [5.74, 6) is 0.178. The number of amides is 1. The van der Waals surface area contributed by atoms with Crippen LogP contribution in [0.4, 0.5) is 0 Å². The molecule has 100 valence electrons. The Balaban J connectivity index is 2.28. The van der Waals surface area contributed by atoms with Crippen molar-refractivity contribution in [1.82, 2.24) is 14.8 Å². The van der Waals surface area contributed by atoms with Gasteiger partial charge in [0.05, 0.1) is 5.56 Å². The van der Waals surface area contributed by atoms with Gasteiger partial charge < -0.3 is 14.8 Å². The van der Waals surface area contributed by atoms with Crippen molar-refractivity contribution in [3.05, 3.63) is 23.0 Å². The molecule has 1 N–H and O–H groups in total. The van der Waals surface area contributed by atoms with E-state index in [9.17, 15) is 4.79 Å². The molecular formula is C14H23N3O. The summed E-state index contributed by atoms with van der Waals surface area (Å²) in [6, 6.07) is 2.30. The van der Waals surface area contributed by atoms with Crippen LogP contribution in [0, 0.1) is 13.8 Å². The van der Waals surface area contributed by atoms with Crippen molar-refractivity contribution < 1.29 is 4.79 Å². The highest BCUT2D eigenvalue weighted by molar-refractivity contribution is 5.96. The van der Waals surface area contributed by atoms with Gasteiger partial charge in [0, 0.05) is 43.6 Å². The zero-order valence-corrected chi connectivity index (χ0v) is 11.8. The third kappa shape index (κ3) is 2.17. The molecule has 0 bridgehead atoms. The summed E-state index contributed by atoms with van der Waals surface area (Å²) in [5, 5.41) is 3.31. The molecule has 0 spiro atoms. The minimum absolute atomic E-state index is 0.178. The van der Waals surface area contributed by atoms with Crippen LogP contribution in [-0.4, -0.2) is 41.1 Å². The number of hydrogen-bond donors (Lipinski definition) is 1. The van der Waals surface area contributed by atoms with E-state index >= 15 is 0 Å². The van der Waals surface area contributed by atoms with Gasteiger partial charge in [0.25, 0.3) is 5.91 Å². The lowest BCUT2D eigenvalue weighted by molar-refractivity contribution is 0.0655. The van der Waals surface area contributed by atoms with Crippen LogP contribution >= 0.6 is 0 Å². The zero-order valence-electron chi connectivity index (χ0n) is 11.8. The maximum absolute atomic E-state index is 12.6. The van der Waals surface area contributed by atoms with Crippen LogP contribution in [0.3, 0.4) is 0 Å². The average Bonchev–Trinajstić information content (AvgIpc) is 2.64. The first kappa shape index (κ1) is 13.1.